The minimum absolute atomic E-state index is 0.118. The molecule has 1 aromatic heterocycles. The fourth-order valence-electron chi connectivity index (χ4n) is 2.59. The highest BCUT2D eigenvalue weighted by molar-refractivity contribution is 6.04. The number of carbonyl (C=O) groups excluding carboxylic acids is 1. The van der Waals surface area contributed by atoms with Crippen LogP contribution in [0.15, 0.2) is 78.9 Å². The molecule has 2 N–H and O–H groups in total. The lowest BCUT2D eigenvalue weighted by Crippen LogP contribution is -2.11. The van der Waals surface area contributed by atoms with Crippen molar-refractivity contribution >= 4 is 22.6 Å². The van der Waals surface area contributed by atoms with Crippen LogP contribution < -0.4 is 5.32 Å². The van der Waals surface area contributed by atoms with Crippen molar-refractivity contribution in [3.63, 3.8) is 0 Å². The van der Waals surface area contributed by atoms with Gasteiger partial charge in [-0.3, -0.25) is 4.79 Å². The summed E-state index contributed by atoms with van der Waals surface area (Å²) in [6.45, 7) is 0. The number of H-pyrrole nitrogens is 1. The lowest BCUT2D eigenvalue weighted by Gasteiger charge is -2.05. The van der Waals surface area contributed by atoms with Gasteiger partial charge in [0.25, 0.3) is 5.91 Å². The monoisotopic (exact) mass is 313 g/mol. The molecule has 0 saturated carbocycles. The van der Waals surface area contributed by atoms with Gasteiger partial charge in [0.1, 0.15) is 5.82 Å². The van der Waals surface area contributed by atoms with Gasteiger partial charge in [0.15, 0.2) is 0 Å². The number of imidazole rings is 1. The van der Waals surface area contributed by atoms with Crippen LogP contribution in [0.25, 0.3) is 22.4 Å². The van der Waals surface area contributed by atoms with E-state index in [0.717, 1.165) is 28.1 Å². The molecule has 0 unspecified atom stereocenters. The molecule has 1 heterocycles. The number of para-hydroxylation sites is 2. The zero-order chi connectivity index (χ0) is 16.4. The predicted octanol–water partition coefficient (Wildman–Crippen LogP) is 4.48. The van der Waals surface area contributed by atoms with Crippen molar-refractivity contribution < 1.29 is 4.79 Å². The second kappa shape index (κ2) is 6.01. The van der Waals surface area contributed by atoms with Gasteiger partial charge in [-0.25, -0.2) is 4.98 Å². The van der Waals surface area contributed by atoms with Crippen molar-refractivity contribution in [3.8, 4) is 11.4 Å². The lowest BCUT2D eigenvalue weighted by atomic mass is 10.1. The number of hydrogen-bond donors (Lipinski definition) is 2. The average Bonchev–Trinajstić information content (AvgIpc) is 3.07. The highest BCUT2D eigenvalue weighted by Crippen LogP contribution is 2.22. The number of fused-ring (bicyclic) bond motifs is 1. The van der Waals surface area contributed by atoms with Crippen LogP contribution in [0.4, 0.5) is 5.69 Å². The number of nitrogens with one attached hydrogen (secondary N) is 2. The Bertz CT molecular complexity index is 955. The molecule has 116 valence electrons. The minimum atomic E-state index is -0.118. The molecule has 4 rings (SSSR count). The molecule has 4 aromatic rings. The van der Waals surface area contributed by atoms with Crippen LogP contribution in [0.3, 0.4) is 0 Å². The quantitative estimate of drug-likeness (QED) is 0.586. The van der Waals surface area contributed by atoms with E-state index in [-0.39, 0.29) is 5.91 Å². The molecular weight excluding hydrogens is 298 g/mol. The van der Waals surface area contributed by atoms with E-state index in [4.69, 9.17) is 0 Å². The van der Waals surface area contributed by atoms with E-state index in [1.54, 1.807) is 12.1 Å². The van der Waals surface area contributed by atoms with Gasteiger partial charge in [-0.1, -0.05) is 30.3 Å². The first-order valence-corrected chi connectivity index (χ1v) is 7.71. The molecule has 0 atom stereocenters. The van der Waals surface area contributed by atoms with E-state index < -0.39 is 0 Å². The molecule has 0 spiro atoms. The second-order valence-corrected chi connectivity index (χ2v) is 5.50. The summed E-state index contributed by atoms with van der Waals surface area (Å²) in [5, 5.41) is 2.89. The number of hydrogen-bond acceptors (Lipinski definition) is 2. The van der Waals surface area contributed by atoms with Crippen LogP contribution in [0.5, 0.6) is 0 Å². The zero-order valence-corrected chi connectivity index (χ0v) is 12.9. The Morgan fingerprint density at radius 1 is 0.833 bits per heavy atom. The van der Waals surface area contributed by atoms with Gasteiger partial charge < -0.3 is 10.3 Å². The first-order chi connectivity index (χ1) is 11.8. The Labute approximate surface area is 139 Å². The molecule has 0 bridgehead atoms. The number of amides is 1. The van der Waals surface area contributed by atoms with Crippen molar-refractivity contribution in [1.82, 2.24) is 9.97 Å². The summed E-state index contributed by atoms with van der Waals surface area (Å²) in [5.41, 5.74) is 4.31. The van der Waals surface area contributed by atoms with Crippen molar-refractivity contribution in [2.24, 2.45) is 0 Å². The topological polar surface area (TPSA) is 57.8 Å². The smallest absolute Gasteiger partial charge is 0.255 e. The van der Waals surface area contributed by atoms with Crippen LogP contribution in [-0.2, 0) is 0 Å². The third kappa shape index (κ3) is 2.77. The number of anilines is 1. The molecule has 3 aromatic carbocycles. The van der Waals surface area contributed by atoms with Crippen LogP contribution in [0.1, 0.15) is 10.4 Å². The molecule has 4 heteroatoms. The maximum absolute atomic E-state index is 12.2. The number of nitrogens with zero attached hydrogens (tertiary/aromatic N) is 1. The van der Waals surface area contributed by atoms with E-state index in [1.165, 1.54) is 0 Å². The summed E-state index contributed by atoms with van der Waals surface area (Å²) in [7, 11) is 0. The fourth-order valence-corrected chi connectivity index (χ4v) is 2.59. The van der Waals surface area contributed by atoms with Crippen molar-refractivity contribution in [1.29, 1.82) is 0 Å². The Morgan fingerprint density at radius 3 is 2.29 bits per heavy atom. The molecule has 4 nitrogen and oxygen atoms in total. The molecule has 0 aliphatic carbocycles. The fraction of sp³-hybridized carbons (Fsp3) is 0. The number of carbonyl (C=O) groups is 1. The maximum Gasteiger partial charge on any atom is 0.255 e. The van der Waals surface area contributed by atoms with Gasteiger partial charge in [-0.2, -0.15) is 0 Å². The number of aromatic amines is 1. The van der Waals surface area contributed by atoms with E-state index in [2.05, 4.69) is 15.3 Å². The Kier molecular flexibility index (Phi) is 3.56. The Morgan fingerprint density at radius 2 is 1.54 bits per heavy atom. The van der Waals surface area contributed by atoms with E-state index in [1.807, 2.05) is 66.7 Å². The SMILES string of the molecule is O=C(Nc1ccc(-c2nc3ccccc3[nH]2)cc1)c1ccccc1. The van der Waals surface area contributed by atoms with Crippen LogP contribution in [0, 0.1) is 0 Å². The highest BCUT2D eigenvalue weighted by Gasteiger charge is 2.07. The van der Waals surface area contributed by atoms with Gasteiger partial charge in [-0.05, 0) is 48.5 Å². The van der Waals surface area contributed by atoms with E-state index in [9.17, 15) is 4.79 Å². The molecule has 0 saturated heterocycles. The summed E-state index contributed by atoms with van der Waals surface area (Å²) < 4.78 is 0. The number of rotatable bonds is 3. The van der Waals surface area contributed by atoms with Crippen molar-refractivity contribution in [2.75, 3.05) is 5.32 Å². The van der Waals surface area contributed by atoms with E-state index in [0.29, 0.717) is 5.56 Å². The third-order valence-corrected chi connectivity index (χ3v) is 3.84. The molecule has 0 radical (unpaired) electrons. The largest absolute Gasteiger partial charge is 0.338 e. The normalized spacial score (nSPS) is 10.7. The third-order valence-electron chi connectivity index (χ3n) is 3.84. The maximum atomic E-state index is 12.2. The summed E-state index contributed by atoms with van der Waals surface area (Å²) in [6, 6.07) is 24.7. The van der Waals surface area contributed by atoms with E-state index >= 15 is 0 Å². The molecule has 24 heavy (non-hydrogen) atoms. The van der Waals surface area contributed by atoms with Crippen LogP contribution >= 0.6 is 0 Å². The molecular formula is C20H15N3O. The van der Waals surface area contributed by atoms with Crippen LogP contribution in [0.2, 0.25) is 0 Å². The number of benzene rings is 3. The standard InChI is InChI=1S/C20H15N3O/c24-20(15-6-2-1-3-7-15)21-16-12-10-14(11-13-16)19-22-17-8-4-5-9-18(17)23-19/h1-13H,(H,21,24)(H,22,23). The van der Waals surface area contributed by atoms with Crippen molar-refractivity contribution in [3.05, 3.63) is 84.4 Å². The highest BCUT2D eigenvalue weighted by atomic mass is 16.1. The molecule has 0 fully saturated rings. The van der Waals surface area contributed by atoms with Gasteiger partial charge in [0.05, 0.1) is 11.0 Å². The average molecular weight is 313 g/mol. The zero-order valence-electron chi connectivity index (χ0n) is 12.9. The first-order valence-electron chi connectivity index (χ1n) is 7.71. The lowest BCUT2D eigenvalue weighted by molar-refractivity contribution is 0.102. The van der Waals surface area contributed by atoms with Crippen LogP contribution in [-0.4, -0.2) is 15.9 Å². The van der Waals surface area contributed by atoms with Crippen molar-refractivity contribution in [2.45, 2.75) is 0 Å². The predicted molar refractivity (Wildman–Crippen MR) is 95.9 cm³/mol. The van der Waals surface area contributed by atoms with Gasteiger partial charge >= 0.3 is 0 Å². The summed E-state index contributed by atoms with van der Waals surface area (Å²) in [6.07, 6.45) is 0. The Hall–Kier alpha value is -3.40. The number of aromatic nitrogens is 2. The summed E-state index contributed by atoms with van der Waals surface area (Å²) >= 11 is 0. The van der Waals surface area contributed by atoms with Gasteiger partial charge in [0.2, 0.25) is 0 Å². The molecule has 0 aliphatic heterocycles. The van der Waals surface area contributed by atoms with Gasteiger partial charge in [-0.15, -0.1) is 0 Å². The summed E-state index contributed by atoms with van der Waals surface area (Å²) in [5.74, 6) is 0.698. The minimum Gasteiger partial charge on any atom is -0.338 e. The molecule has 1 amide bonds. The summed E-state index contributed by atoms with van der Waals surface area (Å²) in [4.78, 5) is 20.0. The molecule has 0 aliphatic rings. The van der Waals surface area contributed by atoms with Gasteiger partial charge in [0, 0.05) is 16.8 Å². The first kappa shape index (κ1) is 14.2. The second-order valence-electron chi connectivity index (χ2n) is 5.50. The Balaban J connectivity index is 1.55.